The lowest BCUT2D eigenvalue weighted by atomic mass is 9.46. The molecule has 3 saturated carbocycles. The lowest BCUT2D eigenvalue weighted by Gasteiger charge is -2.59. The highest BCUT2D eigenvalue weighted by molar-refractivity contribution is 6.01. The number of carbonyl (C=O) groups is 3. The minimum atomic E-state index is -1.20. The molecular formula is C45H64BrNO9. The number of piperidine rings is 1. The molecule has 0 aromatic heterocycles. The average Bonchev–Trinajstić information content (AvgIpc) is 3.68. The highest BCUT2D eigenvalue weighted by Gasteiger charge is 2.75. The van der Waals surface area contributed by atoms with E-state index in [1.807, 2.05) is 36.4 Å². The maximum atomic E-state index is 13.2. The summed E-state index contributed by atoms with van der Waals surface area (Å²) >= 11 is 0. The molecule has 11 heteroatoms. The second kappa shape index (κ2) is 16.4. The van der Waals surface area contributed by atoms with Crippen molar-refractivity contribution >= 4 is 17.5 Å². The number of allylic oxidation sites excluding steroid dienone is 4. The molecule has 56 heavy (non-hydrogen) atoms. The number of esters is 1. The van der Waals surface area contributed by atoms with Crippen molar-refractivity contribution in [3.8, 4) is 0 Å². The van der Waals surface area contributed by atoms with E-state index >= 15 is 0 Å². The second-order valence-electron chi connectivity index (χ2n) is 18.6. The fourth-order valence-corrected chi connectivity index (χ4v) is 12.9. The van der Waals surface area contributed by atoms with E-state index in [1.54, 1.807) is 12.2 Å². The predicted octanol–water partition coefficient (Wildman–Crippen LogP) is 2.57. The summed E-state index contributed by atoms with van der Waals surface area (Å²) in [6.45, 7) is 10.1. The van der Waals surface area contributed by atoms with Crippen molar-refractivity contribution in [3.63, 3.8) is 0 Å². The maximum Gasteiger partial charge on any atom is 0.316 e. The molecule has 6 fully saturated rings. The predicted molar refractivity (Wildman–Crippen MR) is 206 cm³/mol. The smallest absolute Gasteiger partial charge is 0.316 e. The van der Waals surface area contributed by atoms with Crippen LogP contribution in [0.25, 0.3) is 0 Å². The molecule has 7 aliphatic rings. The van der Waals surface area contributed by atoms with E-state index in [4.69, 9.17) is 14.2 Å². The summed E-state index contributed by atoms with van der Waals surface area (Å²) in [6, 6.07) is 11.2. The Hall–Kier alpha value is -2.25. The normalized spacial score (nSPS) is 42.2. The van der Waals surface area contributed by atoms with E-state index in [0.717, 1.165) is 47.7 Å². The number of nitrogens with zero attached hydrogens (tertiary/aromatic N) is 1. The van der Waals surface area contributed by atoms with Crippen LogP contribution in [-0.2, 0) is 28.6 Å². The van der Waals surface area contributed by atoms with Gasteiger partial charge in [0.2, 0.25) is 0 Å². The molecule has 3 unspecified atom stereocenters. The van der Waals surface area contributed by atoms with Crippen LogP contribution in [0.4, 0.5) is 0 Å². The Kier molecular flexibility index (Phi) is 12.7. The maximum absolute atomic E-state index is 13.2. The van der Waals surface area contributed by atoms with Crippen LogP contribution >= 0.6 is 0 Å². The number of ketones is 2. The minimum absolute atomic E-state index is 0. The molecule has 2 bridgehead atoms. The molecule has 10 nitrogen and oxygen atoms in total. The first-order chi connectivity index (χ1) is 26.2. The van der Waals surface area contributed by atoms with Gasteiger partial charge in [-0.15, -0.1) is 0 Å². The van der Waals surface area contributed by atoms with Gasteiger partial charge < -0.3 is 51.0 Å². The van der Waals surface area contributed by atoms with Crippen LogP contribution in [0.2, 0.25) is 0 Å². The molecule has 3 aliphatic heterocycles. The van der Waals surface area contributed by atoms with Crippen molar-refractivity contribution < 1.29 is 65.4 Å². The third kappa shape index (κ3) is 6.82. The first-order valence-corrected chi connectivity index (χ1v) is 21.0. The SMILES string of the molecule is CC(C)[N+]1(C)[C@@H]2CC[C@H]1CC(OC(=O)C(CO)c1ccccc1)C2.CCC[C@@H]1O[C@@H]2C[C@H]3[C@@H]4CCC5=CC(=O)C=C[C@]5(C)[C@H]4[C@@H](O)C[C@]3(C)[C@]2(C(=O)CO)O1.[Br-]. The Morgan fingerprint density at radius 3 is 2.32 bits per heavy atom. The second-order valence-corrected chi connectivity index (χ2v) is 18.6. The Labute approximate surface area is 343 Å². The van der Waals surface area contributed by atoms with Crippen LogP contribution in [0.15, 0.2) is 54.1 Å². The zero-order valence-corrected chi connectivity index (χ0v) is 35.7. The van der Waals surface area contributed by atoms with Gasteiger partial charge in [-0.2, -0.15) is 0 Å². The van der Waals surface area contributed by atoms with Gasteiger partial charge in [0.05, 0.1) is 44.0 Å². The summed E-state index contributed by atoms with van der Waals surface area (Å²) in [5.41, 5.74) is -0.221. The summed E-state index contributed by atoms with van der Waals surface area (Å²) < 4.78 is 19.6. The van der Waals surface area contributed by atoms with Crippen molar-refractivity contribution in [2.45, 2.75) is 153 Å². The molecule has 8 rings (SSSR count). The Morgan fingerprint density at radius 2 is 1.71 bits per heavy atom. The highest BCUT2D eigenvalue weighted by atomic mass is 79.9. The van der Waals surface area contributed by atoms with Gasteiger partial charge in [-0.3, -0.25) is 14.4 Å². The monoisotopic (exact) mass is 841 g/mol. The number of ether oxygens (including phenoxy) is 3. The number of hydrogen-bond donors (Lipinski definition) is 3. The van der Waals surface area contributed by atoms with Gasteiger partial charge in [0, 0.05) is 42.4 Å². The third-order valence-electron chi connectivity index (χ3n) is 15.9. The molecule has 3 heterocycles. The zero-order valence-electron chi connectivity index (χ0n) is 34.1. The Morgan fingerprint density at radius 1 is 1.04 bits per heavy atom. The molecule has 3 saturated heterocycles. The van der Waals surface area contributed by atoms with Gasteiger partial charge in [-0.1, -0.05) is 69.2 Å². The number of carbonyl (C=O) groups excluding carboxylic acids is 3. The van der Waals surface area contributed by atoms with Gasteiger partial charge in [0.1, 0.15) is 18.6 Å². The quantitative estimate of drug-likeness (QED) is 0.253. The van der Waals surface area contributed by atoms with Gasteiger partial charge in [-0.25, -0.2) is 0 Å². The van der Waals surface area contributed by atoms with E-state index in [1.165, 1.54) is 12.8 Å². The zero-order chi connectivity index (χ0) is 39.5. The number of Topliss-reactive ketones (excluding diaryl/α,β-unsaturated/α-hetero) is 1. The number of fused-ring (bicyclic) bond motifs is 9. The highest BCUT2D eigenvalue weighted by Crippen LogP contribution is 2.69. The molecule has 1 aromatic carbocycles. The van der Waals surface area contributed by atoms with Gasteiger partial charge in [0.15, 0.2) is 23.5 Å². The molecule has 14 atom stereocenters. The van der Waals surface area contributed by atoms with E-state index in [0.29, 0.717) is 37.4 Å². The fraction of sp³-hybridized carbons (Fsp3) is 0.711. The van der Waals surface area contributed by atoms with Crippen LogP contribution in [-0.4, -0.2) is 106 Å². The van der Waals surface area contributed by atoms with Crippen molar-refractivity contribution in [2.75, 3.05) is 20.3 Å². The van der Waals surface area contributed by atoms with Crippen LogP contribution < -0.4 is 17.0 Å². The lowest BCUT2D eigenvalue weighted by molar-refractivity contribution is -0.968. The molecule has 4 aliphatic carbocycles. The first-order valence-electron chi connectivity index (χ1n) is 21.0. The minimum Gasteiger partial charge on any atom is -1.00 e. The number of aliphatic hydroxyl groups excluding tert-OH is 3. The first kappa shape index (κ1) is 43.3. The lowest BCUT2D eigenvalue weighted by Crippen LogP contribution is -3.00. The van der Waals surface area contributed by atoms with E-state index in [2.05, 4.69) is 41.7 Å². The van der Waals surface area contributed by atoms with Gasteiger partial charge in [-0.05, 0) is 75.5 Å². The summed E-state index contributed by atoms with van der Waals surface area (Å²) in [5.74, 6) is -0.829. The Balaban J connectivity index is 0.000000193. The van der Waals surface area contributed by atoms with E-state index in [-0.39, 0.29) is 70.4 Å². The number of aliphatic hydroxyl groups is 3. The molecule has 310 valence electrons. The molecule has 0 radical (unpaired) electrons. The fourth-order valence-electron chi connectivity index (χ4n) is 12.9. The number of benzene rings is 1. The molecule has 0 amide bonds. The standard InChI is InChI=1S/C25H34O6.C20H30NO3.BrH/c1-4-5-21-30-20-11-17-16-7-6-14-10-15(27)8-9-23(14,2)22(16)18(28)12-24(17,3)25(20,31-21)19(29)13-26;1-14(2)21(3)16-9-10-17(21)12-18(11-16)24-20(23)19(13-22)15-7-5-4-6-8-15;/h8-10,16-18,20-22,26,28H,4-7,11-13H2,1-3H3;4-8,14,16-19,22H,9-13H2,1-3H3;1H/q;+1;/p-1/t16-,17-,18-,20+,21+,22+,23-,24-,25+;16-,17+,18?,19?,21?;/m0../s1. The topological polar surface area (TPSA) is 140 Å². The van der Waals surface area contributed by atoms with Gasteiger partial charge in [0.25, 0.3) is 0 Å². The summed E-state index contributed by atoms with van der Waals surface area (Å²) in [4.78, 5) is 37.8. The van der Waals surface area contributed by atoms with Crippen LogP contribution in [0, 0.1) is 28.6 Å². The molecular weight excluding hydrogens is 778 g/mol. The number of hydrogen-bond acceptors (Lipinski definition) is 9. The van der Waals surface area contributed by atoms with Crippen LogP contribution in [0.5, 0.6) is 0 Å². The summed E-state index contributed by atoms with van der Waals surface area (Å²) in [5, 5.41) is 31.1. The Bertz CT molecular complexity index is 1670. The van der Waals surface area contributed by atoms with Crippen LogP contribution in [0.3, 0.4) is 0 Å². The van der Waals surface area contributed by atoms with E-state index in [9.17, 15) is 29.7 Å². The largest absolute Gasteiger partial charge is 1.00 e. The van der Waals surface area contributed by atoms with Crippen molar-refractivity contribution in [1.29, 1.82) is 0 Å². The number of quaternary nitrogens is 1. The third-order valence-corrected chi connectivity index (χ3v) is 15.9. The van der Waals surface area contributed by atoms with Crippen LogP contribution in [0.1, 0.15) is 110 Å². The van der Waals surface area contributed by atoms with Crippen molar-refractivity contribution in [2.24, 2.45) is 28.6 Å². The van der Waals surface area contributed by atoms with Crippen molar-refractivity contribution in [1.82, 2.24) is 0 Å². The molecule has 3 N–H and O–H groups in total. The average molecular weight is 843 g/mol. The molecule has 0 spiro atoms. The number of rotatable bonds is 9. The molecule has 1 aromatic rings. The van der Waals surface area contributed by atoms with E-state index < -0.39 is 42.0 Å². The summed E-state index contributed by atoms with van der Waals surface area (Å²) in [6.07, 6.45) is 12.7. The van der Waals surface area contributed by atoms with Gasteiger partial charge >= 0.3 is 5.97 Å². The summed E-state index contributed by atoms with van der Waals surface area (Å²) in [7, 11) is 2.37. The van der Waals surface area contributed by atoms with Crippen molar-refractivity contribution in [3.05, 3.63) is 59.7 Å². The number of halogens is 1.